The third-order valence-electron chi connectivity index (χ3n) is 2.42. The van der Waals surface area contributed by atoms with Crippen molar-refractivity contribution < 1.29 is 0 Å². The van der Waals surface area contributed by atoms with Crippen molar-refractivity contribution in [3.05, 3.63) is 35.9 Å². The summed E-state index contributed by atoms with van der Waals surface area (Å²) in [4.78, 5) is 0. The molecule has 80 valence electrons. The molecule has 0 aromatic heterocycles. The Bertz CT molecular complexity index is 318. The molecular weight excluding hydrogens is 182 g/mol. The van der Waals surface area contributed by atoms with Gasteiger partial charge in [0.05, 0.1) is 6.54 Å². The molecule has 1 N–H and O–H groups in total. The van der Waals surface area contributed by atoms with Crippen molar-refractivity contribution >= 4 is 0 Å². The highest BCUT2D eigenvalue weighted by atomic mass is 14.9. The molecule has 1 heteroatoms. The van der Waals surface area contributed by atoms with Crippen LogP contribution in [0, 0.1) is 11.8 Å². The highest BCUT2D eigenvalue weighted by molar-refractivity contribution is 5.14. The first-order chi connectivity index (χ1) is 7.33. The number of aryl methyl sites for hydroxylation is 1. The second-order valence-corrected chi connectivity index (χ2v) is 3.73. The van der Waals surface area contributed by atoms with Crippen molar-refractivity contribution in [3.63, 3.8) is 0 Å². The van der Waals surface area contributed by atoms with Gasteiger partial charge < -0.3 is 5.32 Å². The van der Waals surface area contributed by atoms with Crippen LogP contribution < -0.4 is 5.32 Å². The average molecular weight is 201 g/mol. The molecule has 0 saturated heterocycles. The van der Waals surface area contributed by atoms with E-state index in [9.17, 15) is 0 Å². The summed E-state index contributed by atoms with van der Waals surface area (Å²) >= 11 is 0. The fraction of sp³-hybridized carbons (Fsp3) is 0.429. The lowest BCUT2D eigenvalue weighted by Gasteiger charge is -2.11. The van der Waals surface area contributed by atoms with E-state index < -0.39 is 0 Å². The minimum atomic E-state index is 0.533. The Labute approximate surface area is 92.9 Å². The van der Waals surface area contributed by atoms with Gasteiger partial charge in [0.15, 0.2) is 0 Å². The van der Waals surface area contributed by atoms with Gasteiger partial charge in [-0.05, 0) is 32.3 Å². The first-order valence-electron chi connectivity index (χ1n) is 5.50. The van der Waals surface area contributed by atoms with Gasteiger partial charge >= 0.3 is 0 Å². The zero-order valence-corrected chi connectivity index (χ0v) is 9.59. The third kappa shape index (κ3) is 5.24. The number of hydrogen-bond donors (Lipinski definition) is 1. The summed E-state index contributed by atoms with van der Waals surface area (Å²) in [5, 5.41) is 3.38. The number of benzene rings is 1. The molecular formula is C14H19N. The van der Waals surface area contributed by atoms with Gasteiger partial charge in [0.1, 0.15) is 0 Å². The standard InChI is InChI=1S/C14H19N/c1-3-4-12-15-13(2)10-11-14-8-6-5-7-9-14/h5-9,13,15H,10-12H2,1-2H3. The molecule has 0 bridgehead atoms. The molecule has 0 saturated carbocycles. The molecule has 0 aliphatic heterocycles. The monoisotopic (exact) mass is 201 g/mol. The van der Waals surface area contributed by atoms with Crippen molar-refractivity contribution in [3.8, 4) is 11.8 Å². The summed E-state index contributed by atoms with van der Waals surface area (Å²) in [5.41, 5.74) is 1.41. The van der Waals surface area contributed by atoms with Crippen molar-refractivity contribution in [1.82, 2.24) is 5.32 Å². The van der Waals surface area contributed by atoms with Crippen LogP contribution in [0.15, 0.2) is 30.3 Å². The van der Waals surface area contributed by atoms with Crippen LogP contribution >= 0.6 is 0 Å². The molecule has 0 spiro atoms. The predicted molar refractivity (Wildman–Crippen MR) is 65.7 cm³/mol. The normalized spacial score (nSPS) is 11.6. The average Bonchev–Trinajstić information content (AvgIpc) is 2.28. The summed E-state index contributed by atoms with van der Waals surface area (Å²) in [7, 11) is 0. The van der Waals surface area contributed by atoms with E-state index in [4.69, 9.17) is 0 Å². The topological polar surface area (TPSA) is 12.0 Å². The first kappa shape index (κ1) is 11.8. The zero-order valence-electron chi connectivity index (χ0n) is 9.59. The molecule has 1 unspecified atom stereocenters. The molecule has 1 aromatic rings. The zero-order chi connectivity index (χ0) is 10.9. The molecule has 0 fully saturated rings. The van der Waals surface area contributed by atoms with E-state index in [1.165, 1.54) is 5.56 Å². The Morgan fingerprint density at radius 1 is 1.27 bits per heavy atom. The van der Waals surface area contributed by atoms with E-state index in [-0.39, 0.29) is 0 Å². The van der Waals surface area contributed by atoms with Gasteiger partial charge in [-0.2, -0.15) is 0 Å². The predicted octanol–water partition coefficient (Wildman–Crippen LogP) is 2.62. The lowest BCUT2D eigenvalue weighted by Crippen LogP contribution is -2.26. The van der Waals surface area contributed by atoms with E-state index >= 15 is 0 Å². The van der Waals surface area contributed by atoms with Gasteiger partial charge in [-0.25, -0.2) is 0 Å². The van der Waals surface area contributed by atoms with E-state index in [0.717, 1.165) is 19.4 Å². The highest BCUT2D eigenvalue weighted by Crippen LogP contribution is 2.04. The molecule has 0 aliphatic carbocycles. The second-order valence-electron chi connectivity index (χ2n) is 3.73. The summed E-state index contributed by atoms with van der Waals surface area (Å²) in [5.74, 6) is 5.90. The molecule has 15 heavy (non-hydrogen) atoms. The largest absolute Gasteiger partial charge is 0.304 e. The van der Waals surface area contributed by atoms with Crippen LogP contribution in [-0.2, 0) is 6.42 Å². The lowest BCUT2D eigenvalue weighted by molar-refractivity contribution is 0.546. The molecule has 0 heterocycles. The SMILES string of the molecule is CC#CCNC(C)CCc1ccccc1. The van der Waals surface area contributed by atoms with E-state index in [1.54, 1.807) is 0 Å². The fourth-order valence-electron chi connectivity index (χ4n) is 1.44. The molecule has 1 rings (SSSR count). The quantitative estimate of drug-likeness (QED) is 0.722. The molecule has 0 aliphatic rings. The van der Waals surface area contributed by atoms with Crippen LogP contribution in [0.25, 0.3) is 0 Å². The highest BCUT2D eigenvalue weighted by Gasteiger charge is 1.99. The van der Waals surface area contributed by atoms with Gasteiger partial charge in [0.25, 0.3) is 0 Å². The van der Waals surface area contributed by atoms with Crippen LogP contribution in [0.2, 0.25) is 0 Å². The molecule has 1 aromatic carbocycles. The van der Waals surface area contributed by atoms with Crippen molar-refractivity contribution in [1.29, 1.82) is 0 Å². The first-order valence-corrected chi connectivity index (χ1v) is 5.50. The maximum Gasteiger partial charge on any atom is 0.0578 e. The van der Waals surface area contributed by atoms with Gasteiger partial charge in [-0.15, -0.1) is 5.92 Å². The van der Waals surface area contributed by atoms with Gasteiger partial charge in [0, 0.05) is 6.04 Å². The Kier molecular flexibility index (Phi) is 5.58. The van der Waals surface area contributed by atoms with Gasteiger partial charge in [0.2, 0.25) is 0 Å². The Morgan fingerprint density at radius 3 is 2.67 bits per heavy atom. The van der Waals surface area contributed by atoms with Gasteiger partial charge in [-0.3, -0.25) is 0 Å². The van der Waals surface area contributed by atoms with Crippen LogP contribution in [0.3, 0.4) is 0 Å². The fourth-order valence-corrected chi connectivity index (χ4v) is 1.44. The van der Waals surface area contributed by atoms with Crippen LogP contribution in [0.4, 0.5) is 0 Å². The summed E-state index contributed by atoms with van der Waals surface area (Å²) in [6, 6.07) is 11.1. The van der Waals surface area contributed by atoms with Crippen LogP contribution in [0.1, 0.15) is 25.8 Å². The Morgan fingerprint density at radius 2 is 2.00 bits per heavy atom. The van der Waals surface area contributed by atoms with E-state index in [1.807, 2.05) is 6.92 Å². The molecule has 1 atom stereocenters. The molecule has 0 radical (unpaired) electrons. The van der Waals surface area contributed by atoms with Crippen molar-refractivity contribution in [2.45, 2.75) is 32.7 Å². The second kappa shape index (κ2) is 7.09. The van der Waals surface area contributed by atoms with E-state index in [0.29, 0.717) is 6.04 Å². The smallest absolute Gasteiger partial charge is 0.0578 e. The lowest BCUT2D eigenvalue weighted by atomic mass is 10.1. The third-order valence-corrected chi connectivity index (χ3v) is 2.42. The minimum absolute atomic E-state index is 0.533. The molecule has 1 nitrogen and oxygen atoms in total. The summed E-state index contributed by atoms with van der Waals surface area (Å²) < 4.78 is 0. The Balaban J connectivity index is 2.21. The van der Waals surface area contributed by atoms with Crippen molar-refractivity contribution in [2.24, 2.45) is 0 Å². The summed E-state index contributed by atoms with van der Waals surface area (Å²) in [6.45, 7) is 4.88. The van der Waals surface area contributed by atoms with Crippen molar-refractivity contribution in [2.75, 3.05) is 6.54 Å². The number of rotatable bonds is 5. The number of nitrogens with one attached hydrogen (secondary N) is 1. The van der Waals surface area contributed by atoms with E-state index in [2.05, 4.69) is 54.4 Å². The van der Waals surface area contributed by atoms with Crippen LogP contribution in [0.5, 0.6) is 0 Å². The number of hydrogen-bond acceptors (Lipinski definition) is 1. The molecule has 0 amide bonds. The van der Waals surface area contributed by atoms with Crippen LogP contribution in [-0.4, -0.2) is 12.6 Å². The Hall–Kier alpha value is -1.26. The maximum absolute atomic E-state index is 3.38. The van der Waals surface area contributed by atoms with Gasteiger partial charge in [-0.1, -0.05) is 36.3 Å². The minimum Gasteiger partial charge on any atom is -0.304 e. The summed E-state index contributed by atoms with van der Waals surface area (Å²) in [6.07, 6.45) is 2.30. The maximum atomic E-state index is 3.38.